The molecule has 0 bridgehead atoms. The highest BCUT2D eigenvalue weighted by atomic mass is 28.4. The van der Waals surface area contributed by atoms with Gasteiger partial charge in [-0.1, -0.05) is 109 Å². The summed E-state index contributed by atoms with van der Waals surface area (Å²) in [6, 6.07) is 0.878. The molecule has 0 saturated carbocycles. The number of rotatable bonds is 33. The first kappa shape index (κ1) is 44.2. The first-order valence-electron chi connectivity index (χ1n) is 19.1. The zero-order valence-electron chi connectivity index (χ0n) is 31.1. The van der Waals surface area contributed by atoms with E-state index in [-0.39, 0.29) is 24.9 Å². The number of aliphatic hydroxyl groups is 1. The van der Waals surface area contributed by atoms with Crippen LogP contribution in [0.3, 0.4) is 0 Å². The molecule has 5 nitrogen and oxygen atoms in total. The van der Waals surface area contributed by atoms with Gasteiger partial charge in [0.15, 0.2) is 0 Å². The van der Waals surface area contributed by atoms with Crippen molar-refractivity contribution in [2.24, 2.45) is 0 Å². The van der Waals surface area contributed by atoms with Crippen molar-refractivity contribution in [2.75, 3.05) is 26.7 Å². The predicted octanol–water partition coefficient (Wildman–Crippen LogP) is 11.2. The van der Waals surface area contributed by atoms with Gasteiger partial charge >= 0.3 is 8.80 Å². The zero-order chi connectivity index (χ0) is 33.4. The van der Waals surface area contributed by atoms with Gasteiger partial charge in [-0.3, -0.25) is 0 Å². The molecule has 0 aliphatic carbocycles. The second kappa shape index (κ2) is 31.8. The maximum Gasteiger partial charge on any atom is 0.501 e. The molecule has 0 spiro atoms. The number of unbranched alkanes of at least 4 members (excludes halogenated alkanes) is 9. The van der Waals surface area contributed by atoms with Gasteiger partial charge in [0.25, 0.3) is 0 Å². The summed E-state index contributed by atoms with van der Waals surface area (Å²) in [6.07, 6.45) is 35.9. The fourth-order valence-electron chi connectivity index (χ4n) is 5.38. The number of likely N-dealkylation sites (N-methyl/N-ethyl adjacent to an activating group) is 1. The third kappa shape index (κ3) is 28.0. The van der Waals surface area contributed by atoms with Crippen molar-refractivity contribution in [3.05, 3.63) is 36.5 Å². The Kier molecular flexibility index (Phi) is 31.3. The SMILES string of the molecule is CCCC/C=C\CCC(C)O[Si](CCCCCCN(C)CCO)(OC(C)CC/C=C\CCCC)OC(C)CC/C=C\CCCC. The molecule has 0 aliphatic rings. The lowest BCUT2D eigenvalue weighted by molar-refractivity contribution is -0.0134. The average molecular weight is 652 g/mol. The molecule has 3 unspecified atom stereocenters. The Bertz CT molecular complexity index is 639. The molecule has 6 heteroatoms. The molecule has 0 saturated heterocycles. The summed E-state index contributed by atoms with van der Waals surface area (Å²) in [5, 5.41) is 9.20. The van der Waals surface area contributed by atoms with Crippen LogP contribution < -0.4 is 0 Å². The Balaban J connectivity index is 5.57. The second-order valence-electron chi connectivity index (χ2n) is 13.2. The van der Waals surface area contributed by atoms with Crippen LogP contribution in [0.1, 0.15) is 164 Å². The molecule has 3 atom stereocenters. The molecule has 0 radical (unpaired) electrons. The van der Waals surface area contributed by atoms with Crippen molar-refractivity contribution in [3.8, 4) is 0 Å². The van der Waals surface area contributed by atoms with Gasteiger partial charge in [-0.15, -0.1) is 0 Å². The highest BCUT2D eigenvalue weighted by molar-refractivity contribution is 6.60. The van der Waals surface area contributed by atoms with Crippen LogP contribution in [0.4, 0.5) is 0 Å². The van der Waals surface area contributed by atoms with E-state index in [1.165, 1.54) is 64.2 Å². The van der Waals surface area contributed by atoms with Gasteiger partial charge in [0.05, 0.1) is 6.61 Å². The van der Waals surface area contributed by atoms with Crippen LogP contribution in [0.25, 0.3) is 0 Å². The first-order valence-corrected chi connectivity index (χ1v) is 21.0. The summed E-state index contributed by atoms with van der Waals surface area (Å²) < 4.78 is 21.0. The molecule has 0 aromatic carbocycles. The molecule has 0 aromatic rings. The van der Waals surface area contributed by atoms with Crippen LogP contribution >= 0.6 is 0 Å². The maximum atomic E-state index is 9.20. The Morgan fingerprint density at radius 1 is 0.533 bits per heavy atom. The summed E-state index contributed by atoms with van der Waals surface area (Å²) in [4.78, 5) is 2.21. The largest absolute Gasteiger partial charge is 0.501 e. The standard InChI is InChI=1S/C39H77NO4Si/c1-8-11-14-17-20-25-30-37(4)42-45(36-29-24-23-28-33-40(7)34-35-41,43-38(5)31-26-21-18-15-12-9-2)44-39(6)32-27-22-19-16-13-10-3/h17-22,37-39,41H,8-16,23-36H2,1-7H3/b20-17-,21-18-,22-19-. The third-order valence-electron chi connectivity index (χ3n) is 8.29. The van der Waals surface area contributed by atoms with E-state index in [0.717, 1.165) is 76.9 Å². The summed E-state index contributed by atoms with van der Waals surface area (Å²) >= 11 is 0. The van der Waals surface area contributed by atoms with E-state index in [2.05, 4.69) is 89.9 Å². The van der Waals surface area contributed by atoms with Gasteiger partial charge in [-0.05, 0) is 105 Å². The number of allylic oxidation sites excluding steroid dienone is 6. The summed E-state index contributed by atoms with van der Waals surface area (Å²) in [6.45, 7) is 15.4. The van der Waals surface area contributed by atoms with E-state index in [1.54, 1.807) is 0 Å². The topological polar surface area (TPSA) is 51.2 Å². The lowest BCUT2D eigenvalue weighted by atomic mass is 10.2. The van der Waals surface area contributed by atoms with E-state index < -0.39 is 8.80 Å². The van der Waals surface area contributed by atoms with Gasteiger partial charge in [-0.25, -0.2) is 0 Å². The van der Waals surface area contributed by atoms with E-state index in [1.807, 2.05) is 0 Å². The fourth-order valence-corrected chi connectivity index (χ4v) is 8.78. The molecular weight excluding hydrogens is 575 g/mol. The first-order chi connectivity index (χ1) is 21.8. The smallest absolute Gasteiger partial charge is 0.395 e. The van der Waals surface area contributed by atoms with Crippen LogP contribution in [-0.2, 0) is 13.3 Å². The zero-order valence-corrected chi connectivity index (χ0v) is 32.1. The van der Waals surface area contributed by atoms with Crippen molar-refractivity contribution in [1.82, 2.24) is 4.90 Å². The molecular formula is C39H77NO4Si. The molecule has 0 aliphatic heterocycles. The van der Waals surface area contributed by atoms with Crippen LogP contribution in [0.5, 0.6) is 0 Å². The lowest BCUT2D eigenvalue weighted by Crippen LogP contribution is -2.51. The highest BCUT2D eigenvalue weighted by Gasteiger charge is 2.45. The Hall–Kier alpha value is -0.763. The predicted molar refractivity (Wildman–Crippen MR) is 199 cm³/mol. The molecule has 0 fully saturated rings. The molecule has 0 rings (SSSR count). The molecule has 0 amide bonds. The highest BCUT2D eigenvalue weighted by Crippen LogP contribution is 2.28. The number of nitrogens with zero attached hydrogens (tertiary/aromatic N) is 1. The minimum atomic E-state index is -2.94. The van der Waals surface area contributed by atoms with Gasteiger partial charge in [-0.2, -0.15) is 0 Å². The van der Waals surface area contributed by atoms with Crippen molar-refractivity contribution in [3.63, 3.8) is 0 Å². The van der Waals surface area contributed by atoms with Gasteiger partial charge in [0.1, 0.15) is 0 Å². The minimum absolute atomic E-state index is 0.0990. The minimum Gasteiger partial charge on any atom is -0.395 e. The van der Waals surface area contributed by atoms with Crippen molar-refractivity contribution in [1.29, 1.82) is 0 Å². The third-order valence-corrected chi connectivity index (χ3v) is 11.5. The molecule has 0 heterocycles. The van der Waals surface area contributed by atoms with Crippen LogP contribution in [-0.4, -0.2) is 63.9 Å². The number of aliphatic hydroxyl groups excluding tert-OH is 1. The van der Waals surface area contributed by atoms with Crippen molar-refractivity contribution < 1.29 is 18.4 Å². The Morgan fingerprint density at radius 2 is 0.911 bits per heavy atom. The Labute approximate surface area is 282 Å². The number of hydrogen-bond acceptors (Lipinski definition) is 5. The summed E-state index contributed by atoms with van der Waals surface area (Å²) in [7, 11) is -0.851. The van der Waals surface area contributed by atoms with Gasteiger partial charge in [0, 0.05) is 30.9 Å². The normalized spacial score (nSPS) is 15.9. The van der Waals surface area contributed by atoms with E-state index in [0.29, 0.717) is 0 Å². The van der Waals surface area contributed by atoms with Gasteiger partial charge < -0.3 is 23.3 Å². The quantitative estimate of drug-likeness (QED) is 0.0435. The van der Waals surface area contributed by atoms with E-state index in [9.17, 15) is 5.11 Å². The van der Waals surface area contributed by atoms with Crippen LogP contribution in [0.2, 0.25) is 6.04 Å². The second-order valence-corrected chi connectivity index (χ2v) is 15.8. The summed E-state index contributed by atoms with van der Waals surface area (Å²) in [5.74, 6) is 0. The molecule has 266 valence electrons. The van der Waals surface area contributed by atoms with Crippen molar-refractivity contribution >= 4 is 8.80 Å². The maximum absolute atomic E-state index is 9.20. The number of hydrogen-bond donors (Lipinski definition) is 1. The van der Waals surface area contributed by atoms with Crippen molar-refractivity contribution in [2.45, 2.75) is 188 Å². The monoisotopic (exact) mass is 652 g/mol. The Morgan fingerprint density at radius 3 is 1.29 bits per heavy atom. The van der Waals surface area contributed by atoms with Gasteiger partial charge in [0.2, 0.25) is 0 Å². The lowest BCUT2D eigenvalue weighted by Gasteiger charge is -2.37. The van der Waals surface area contributed by atoms with Crippen LogP contribution in [0.15, 0.2) is 36.5 Å². The molecule has 45 heavy (non-hydrogen) atoms. The van der Waals surface area contributed by atoms with Crippen LogP contribution in [0, 0.1) is 0 Å². The summed E-state index contributed by atoms with van der Waals surface area (Å²) in [5.41, 5.74) is 0. The van der Waals surface area contributed by atoms with E-state index in [4.69, 9.17) is 13.3 Å². The fraction of sp³-hybridized carbons (Fsp3) is 0.846. The average Bonchev–Trinajstić information content (AvgIpc) is 3.00. The van der Waals surface area contributed by atoms with E-state index >= 15 is 0 Å². The molecule has 0 aromatic heterocycles. The molecule has 1 N–H and O–H groups in total.